The van der Waals surface area contributed by atoms with E-state index < -0.39 is 35.6 Å². The van der Waals surface area contributed by atoms with Crippen LogP contribution in [0.2, 0.25) is 5.02 Å². The van der Waals surface area contributed by atoms with Gasteiger partial charge in [-0.05, 0) is 37.3 Å². The van der Waals surface area contributed by atoms with E-state index in [4.69, 9.17) is 27.3 Å². The summed E-state index contributed by atoms with van der Waals surface area (Å²) in [5.74, 6) is -1.25. The highest BCUT2D eigenvalue weighted by Crippen LogP contribution is 2.38. The summed E-state index contributed by atoms with van der Waals surface area (Å²) in [5.41, 5.74) is 2.10. The maximum atomic E-state index is 13.4. The van der Waals surface area contributed by atoms with Gasteiger partial charge in [0.05, 0.1) is 11.1 Å². The van der Waals surface area contributed by atoms with Crippen LogP contribution in [0.25, 0.3) is 0 Å². The lowest BCUT2D eigenvalue weighted by Crippen LogP contribution is -2.30. The first kappa shape index (κ1) is 23.0. The number of nitrogens with zero attached hydrogens (tertiary/aromatic N) is 3. The Balaban J connectivity index is 1.99. The summed E-state index contributed by atoms with van der Waals surface area (Å²) >= 11 is 6.25. The molecule has 0 aliphatic carbocycles. The zero-order valence-electron chi connectivity index (χ0n) is 16.3. The molecule has 2 aromatic rings. The lowest BCUT2D eigenvalue weighted by atomic mass is 9.90. The summed E-state index contributed by atoms with van der Waals surface area (Å²) < 4.78 is 58.2. The number of ether oxygens (including phenoxy) is 1. The fourth-order valence-electron chi connectivity index (χ4n) is 3.07. The number of amidine groups is 1. The van der Waals surface area contributed by atoms with E-state index in [1.54, 1.807) is 13.0 Å². The highest BCUT2D eigenvalue weighted by molar-refractivity contribution is 6.31. The summed E-state index contributed by atoms with van der Waals surface area (Å²) in [5, 5.41) is 11.3. The van der Waals surface area contributed by atoms with Gasteiger partial charge in [0.15, 0.2) is 0 Å². The fourth-order valence-corrected chi connectivity index (χ4v) is 3.38. The van der Waals surface area contributed by atoms with Crippen LogP contribution in [0.3, 0.4) is 0 Å². The number of carbonyl (C=O) groups is 1. The number of nitriles is 1. The van der Waals surface area contributed by atoms with Crippen LogP contribution in [0.1, 0.15) is 34.1 Å². The average molecular weight is 468 g/mol. The number of amides is 1. The number of halogens is 5. The number of anilines is 1. The van der Waals surface area contributed by atoms with E-state index in [1.807, 2.05) is 0 Å². The van der Waals surface area contributed by atoms with E-state index in [0.717, 1.165) is 6.20 Å². The van der Waals surface area contributed by atoms with E-state index in [1.165, 1.54) is 24.3 Å². The van der Waals surface area contributed by atoms with Crippen molar-refractivity contribution in [2.24, 2.45) is 10.7 Å². The second kappa shape index (κ2) is 8.47. The molecule has 0 radical (unpaired) electrons. The molecule has 3 rings (SSSR count). The second-order valence-corrected chi connectivity index (χ2v) is 7.23. The van der Waals surface area contributed by atoms with Crippen LogP contribution < -0.4 is 11.1 Å². The van der Waals surface area contributed by atoms with Crippen LogP contribution in [0.4, 0.5) is 23.2 Å². The number of alkyl halides is 4. The summed E-state index contributed by atoms with van der Waals surface area (Å²) in [4.78, 5) is 20.2. The molecule has 1 aliphatic heterocycles. The van der Waals surface area contributed by atoms with Crippen LogP contribution in [0, 0.1) is 11.3 Å². The molecule has 0 saturated heterocycles. The third-order valence-electron chi connectivity index (χ3n) is 4.46. The molecule has 0 saturated carbocycles. The molecular weight excluding hydrogens is 454 g/mol. The molecule has 0 spiro atoms. The molecule has 3 N–H and O–H groups in total. The Bertz CT molecular complexity index is 1190. The second-order valence-electron chi connectivity index (χ2n) is 6.82. The monoisotopic (exact) mass is 467 g/mol. The van der Waals surface area contributed by atoms with Crippen molar-refractivity contribution in [3.8, 4) is 6.07 Å². The summed E-state index contributed by atoms with van der Waals surface area (Å²) in [6.07, 6.45) is -2.70. The van der Waals surface area contributed by atoms with Crippen LogP contribution in [-0.4, -0.2) is 23.6 Å². The van der Waals surface area contributed by atoms with Gasteiger partial charge in [0.1, 0.15) is 29.7 Å². The molecule has 1 amide bonds. The van der Waals surface area contributed by atoms with Crippen molar-refractivity contribution in [2.45, 2.75) is 18.6 Å². The minimum Gasteiger partial charge on any atom is -0.428 e. The standard InChI is InChI=1S/C20H14ClF4N5O2/c1-19(6-12(7-22)32-18(27)30-19)13-5-11(2-3-15(13)21)29-17(31)16-14(20(23,24)25)4-10(8-26)9-28-16/h2-6,9H,7H2,1H3,(H2,27,30)(H,29,31)/t19-/m0/s1. The predicted molar refractivity (Wildman–Crippen MR) is 107 cm³/mol. The Morgan fingerprint density at radius 3 is 2.72 bits per heavy atom. The lowest BCUT2D eigenvalue weighted by molar-refractivity contribution is -0.138. The number of allylic oxidation sites excluding steroid dienone is 1. The van der Waals surface area contributed by atoms with Crippen LogP contribution in [0.15, 0.2) is 47.3 Å². The lowest BCUT2D eigenvalue weighted by Gasteiger charge is -2.28. The molecule has 0 unspecified atom stereocenters. The van der Waals surface area contributed by atoms with E-state index in [9.17, 15) is 22.4 Å². The van der Waals surface area contributed by atoms with Gasteiger partial charge in [0, 0.05) is 22.5 Å². The zero-order chi connectivity index (χ0) is 23.7. The first-order valence-electron chi connectivity index (χ1n) is 8.86. The highest BCUT2D eigenvalue weighted by atomic mass is 35.5. The Kier molecular flexibility index (Phi) is 6.09. The van der Waals surface area contributed by atoms with E-state index >= 15 is 0 Å². The van der Waals surface area contributed by atoms with Gasteiger partial charge >= 0.3 is 6.18 Å². The van der Waals surface area contributed by atoms with Gasteiger partial charge in [-0.3, -0.25) is 4.79 Å². The number of hydrogen-bond acceptors (Lipinski definition) is 6. The molecule has 0 bridgehead atoms. The van der Waals surface area contributed by atoms with Crippen molar-refractivity contribution >= 4 is 29.2 Å². The molecule has 166 valence electrons. The van der Waals surface area contributed by atoms with E-state index in [-0.39, 0.29) is 33.6 Å². The first-order chi connectivity index (χ1) is 15.0. The van der Waals surface area contributed by atoms with Gasteiger partial charge in [0.25, 0.3) is 11.9 Å². The topological polar surface area (TPSA) is 113 Å². The molecule has 2 heterocycles. The molecule has 0 fully saturated rings. The molecular formula is C20H14ClF4N5O2. The maximum Gasteiger partial charge on any atom is 0.418 e. The summed E-state index contributed by atoms with van der Waals surface area (Å²) in [6, 6.07) is 5.90. The number of hydrogen-bond donors (Lipinski definition) is 2. The Labute approximate surface area is 184 Å². The molecule has 1 aromatic carbocycles. The molecule has 12 heteroatoms. The minimum atomic E-state index is -4.91. The first-order valence-corrected chi connectivity index (χ1v) is 9.24. The minimum absolute atomic E-state index is 0.0744. The van der Waals surface area contributed by atoms with Crippen molar-refractivity contribution in [3.63, 3.8) is 0 Å². The average Bonchev–Trinajstić information content (AvgIpc) is 2.73. The van der Waals surface area contributed by atoms with Gasteiger partial charge in [0.2, 0.25) is 0 Å². The van der Waals surface area contributed by atoms with Crippen LogP contribution >= 0.6 is 11.6 Å². The molecule has 1 atom stereocenters. The number of nitrogens with two attached hydrogens (primary N) is 1. The predicted octanol–water partition coefficient (Wildman–Crippen LogP) is 4.29. The van der Waals surface area contributed by atoms with Crippen molar-refractivity contribution in [3.05, 3.63) is 69.7 Å². The number of carbonyl (C=O) groups excluding carboxylic acids is 1. The van der Waals surface area contributed by atoms with Crippen molar-refractivity contribution < 1.29 is 27.1 Å². The van der Waals surface area contributed by atoms with Crippen molar-refractivity contribution in [1.29, 1.82) is 5.26 Å². The van der Waals surface area contributed by atoms with Gasteiger partial charge in [-0.2, -0.15) is 18.4 Å². The molecule has 1 aliphatic rings. The van der Waals surface area contributed by atoms with Crippen LogP contribution in [0.5, 0.6) is 0 Å². The third kappa shape index (κ3) is 4.65. The number of aliphatic imine (C=N–C) groups is 1. The van der Waals surface area contributed by atoms with Crippen molar-refractivity contribution in [1.82, 2.24) is 4.98 Å². The quantitative estimate of drug-likeness (QED) is 0.651. The summed E-state index contributed by atoms with van der Waals surface area (Å²) in [6.45, 7) is 0.610. The van der Waals surface area contributed by atoms with E-state index in [2.05, 4.69) is 15.3 Å². The van der Waals surface area contributed by atoms with Gasteiger partial charge in [-0.15, -0.1) is 0 Å². The zero-order valence-corrected chi connectivity index (χ0v) is 17.1. The number of pyridine rings is 1. The molecule has 32 heavy (non-hydrogen) atoms. The van der Waals surface area contributed by atoms with Gasteiger partial charge in [-0.25, -0.2) is 14.4 Å². The highest BCUT2D eigenvalue weighted by Gasteiger charge is 2.37. The van der Waals surface area contributed by atoms with Crippen molar-refractivity contribution in [2.75, 3.05) is 12.0 Å². The smallest absolute Gasteiger partial charge is 0.418 e. The molecule has 1 aromatic heterocycles. The number of rotatable bonds is 4. The molecule has 7 nitrogen and oxygen atoms in total. The third-order valence-corrected chi connectivity index (χ3v) is 4.79. The maximum absolute atomic E-state index is 13.4. The largest absolute Gasteiger partial charge is 0.428 e. The number of benzene rings is 1. The van der Waals surface area contributed by atoms with Gasteiger partial charge < -0.3 is 15.8 Å². The Hall–Kier alpha value is -3.65. The van der Waals surface area contributed by atoms with E-state index in [0.29, 0.717) is 6.07 Å². The van der Waals surface area contributed by atoms with Crippen LogP contribution in [-0.2, 0) is 16.5 Å². The number of nitrogens with one attached hydrogen (secondary N) is 1. The van der Waals surface area contributed by atoms with Gasteiger partial charge in [-0.1, -0.05) is 11.6 Å². The SMILES string of the molecule is C[C@@]1(c2cc(NC(=O)c3ncc(C#N)cc3C(F)(F)F)ccc2Cl)C=C(CF)OC(N)=N1. The Morgan fingerprint density at radius 2 is 2.09 bits per heavy atom. The Morgan fingerprint density at radius 1 is 1.38 bits per heavy atom. The normalized spacial score (nSPS) is 18.2. The summed E-state index contributed by atoms with van der Waals surface area (Å²) in [7, 11) is 0. The fraction of sp³-hybridized carbons (Fsp3) is 0.200. The number of aromatic nitrogens is 1.